The van der Waals surface area contributed by atoms with E-state index in [4.69, 9.17) is 4.52 Å². The smallest absolute Gasteiger partial charge is 0.132 e. The Kier molecular flexibility index (Phi) is 5.37. The number of unbranched alkanes of at least 4 members (excludes halogenated alkanes) is 3. The van der Waals surface area contributed by atoms with Crippen LogP contribution in [0, 0.1) is 5.82 Å². The Morgan fingerprint density at radius 2 is 1.93 bits per heavy atom. The van der Waals surface area contributed by atoms with Gasteiger partial charge in [-0.3, -0.25) is 0 Å². The van der Waals surface area contributed by atoms with Gasteiger partial charge in [0.15, 0.2) is 0 Å². The molecule has 0 bridgehead atoms. The molecule has 0 radical (unpaired) electrons. The number of nitrogens with one attached hydrogen (secondary N) is 1. The molecule has 27 heavy (non-hydrogen) atoms. The summed E-state index contributed by atoms with van der Waals surface area (Å²) in [6.45, 7) is 0. The zero-order valence-electron chi connectivity index (χ0n) is 15.6. The molecule has 3 aromatic rings. The highest BCUT2D eigenvalue weighted by Gasteiger charge is 2.40. The summed E-state index contributed by atoms with van der Waals surface area (Å²) in [4.78, 5) is 7.66. The van der Waals surface area contributed by atoms with Gasteiger partial charge in [0.05, 0.1) is 17.6 Å². The number of hydrogen-bond acceptors (Lipinski definition) is 3. The molecule has 4 rings (SSSR count). The van der Waals surface area contributed by atoms with Crippen LogP contribution in [0.2, 0.25) is 0 Å². The molecular formula is C22H26FN3O. The van der Waals surface area contributed by atoms with Gasteiger partial charge in [-0.05, 0) is 37.8 Å². The summed E-state index contributed by atoms with van der Waals surface area (Å²) in [6, 6.07) is 8.82. The SMILES string of the molecule is Fc1ccccc1-c1cnc(CCCCCCC2(c3ccon3)CCC2)[nH]1. The van der Waals surface area contributed by atoms with E-state index in [-0.39, 0.29) is 11.2 Å². The number of benzene rings is 1. The molecule has 0 amide bonds. The Labute approximate surface area is 159 Å². The van der Waals surface area contributed by atoms with Gasteiger partial charge in [-0.15, -0.1) is 0 Å². The van der Waals surface area contributed by atoms with Gasteiger partial charge in [0.1, 0.15) is 17.9 Å². The quantitative estimate of drug-likeness (QED) is 0.485. The number of aromatic nitrogens is 3. The van der Waals surface area contributed by atoms with Gasteiger partial charge in [-0.25, -0.2) is 9.37 Å². The highest BCUT2D eigenvalue weighted by atomic mass is 19.1. The monoisotopic (exact) mass is 367 g/mol. The maximum atomic E-state index is 13.9. The molecule has 0 spiro atoms. The third kappa shape index (κ3) is 3.97. The molecule has 142 valence electrons. The van der Waals surface area contributed by atoms with Gasteiger partial charge in [0, 0.05) is 23.5 Å². The van der Waals surface area contributed by atoms with E-state index in [1.807, 2.05) is 12.1 Å². The summed E-state index contributed by atoms with van der Waals surface area (Å²) in [5.41, 5.74) is 2.76. The number of halogens is 1. The second-order valence-electron chi connectivity index (χ2n) is 7.66. The normalized spacial score (nSPS) is 15.6. The van der Waals surface area contributed by atoms with Gasteiger partial charge in [0.25, 0.3) is 0 Å². The van der Waals surface area contributed by atoms with E-state index in [2.05, 4.69) is 15.1 Å². The molecular weight excluding hydrogens is 341 g/mol. The molecule has 0 aliphatic heterocycles. The van der Waals surface area contributed by atoms with Crippen molar-refractivity contribution in [3.05, 3.63) is 60.1 Å². The zero-order chi connectivity index (χ0) is 18.5. The molecule has 2 heterocycles. The van der Waals surface area contributed by atoms with Gasteiger partial charge in [-0.2, -0.15) is 0 Å². The van der Waals surface area contributed by atoms with E-state index in [0.29, 0.717) is 5.56 Å². The molecule has 2 aromatic heterocycles. The van der Waals surface area contributed by atoms with Crippen molar-refractivity contribution >= 4 is 0 Å². The van der Waals surface area contributed by atoms with Crippen molar-refractivity contribution in [1.82, 2.24) is 15.1 Å². The average molecular weight is 367 g/mol. The molecule has 0 unspecified atom stereocenters. The predicted molar refractivity (Wildman–Crippen MR) is 103 cm³/mol. The second kappa shape index (κ2) is 8.07. The molecule has 5 heteroatoms. The lowest BCUT2D eigenvalue weighted by Gasteiger charge is -2.40. The predicted octanol–water partition coefficient (Wildman–Crippen LogP) is 5.82. The van der Waals surface area contributed by atoms with Gasteiger partial charge >= 0.3 is 0 Å². The largest absolute Gasteiger partial charge is 0.364 e. The highest BCUT2D eigenvalue weighted by molar-refractivity contribution is 5.59. The molecule has 0 saturated heterocycles. The minimum atomic E-state index is -0.218. The summed E-state index contributed by atoms with van der Waals surface area (Å²) >= 11 is 0. The number of nitrogens with zero attached hydrogens (tertiary/aromatic N) is 2. The highest BCUT2D eigenvalue weighted by Crippen LogP contribution is 2.46. The maximum absolute atomic E-state index is 13.9. The fourth-order valence-electron chi connectivity index (χ4n) is 4.14. The van der Waals surface area contributed by atoms with Crippen LogP contribution in [-0.4, -0.2) is 15.1 Å². The number of aryl methyl sites for hydroxylation is 1. The summed E-state index contributed by atoms with van der Waals surface area (Å²) < 4.78 is 18.9. The standard InChI is InChI=1S/C22H26FN3O/c23-18-9-5-4-8-17(18)19-16-24-21(25-19)10-3-1-2-6-12-22(13-7-14-22)20-11-15-27-26-20/h4-5,8-9,11,15-16H,1-3,6-7,10,12-14H2,(H,24,25). The van der Waals surface area contributed by atoms with Crippen molar-refractivity contribution in [2.75, 3.05) is 0 Å². The fraction of sp³-hybridized carbons (Fsp3) is 0.455. The van der Waals surface area contributed by atoms with E-state index < -0.39 is 0 Å². The maximum Gasteiger partial charge on any atom is 0.132 e. The Bertz CT molecular complexity index is 852. The first-order valence-corrected chi connectivity index (χ1v) is 9.96. The molecule has 1 fully saturated rings. The van der Waals surface area contributed by atoms with E-state index in [1.54, 1.807) is 24.6 Å². The third-order valence-electron chi connectivity index (χ3n) is 5.90. The summed E-state index contributed by atoms with van der Waals surface area (Å²) in [5.74, 6) is 0.719. The van der Waals surface area contributed by atoms with Gasteiger partial charge in [-0.1, -0.05) is 43.0 Å². The van der Waals surface area contributed by atoms with Crippen LogP contribution in [0.25, 0.3) is 11.3 Å². The zero-order valence-corrected chi connectivity index (χ0v) is 15.6. The lowest BCUT2D eigenvalue weighted by molar-refractivity contribution is 0.203. The molecule has 1 aliphatic carbocycles. The topological polar surface area (TPSA) is 54.7 Å². The Morgan fingerprint density at radius 3 is 2.67 bits per heavy atom. The van der Waals surface area contributed by atoms with Crippen LogP contribution < -0.4 is 0 Å². The van der Waals surface area contributed by atoms with Crippen molar-refractivity contribution in [2.24, 2.45) is 0 Å². The van der Waals surface area contributed by atoms with E-state index in [0.717, 1.165) is 30.1 Å². The van der Waals surface area contributed by atoms with E-state index in [1.165, 1.54) is 51.0 Å². The Balaban J connectivity index is 1.20. The van der Waals surface area contributed by atoms with Crippen LogP contribution in [0.3, 0.4) is 0 Å². The van der Waals surface area contributed by atoms with Gasteiger partial charge in [0.2, 0.25) is 0 Å². The van der Waals surface area contributed by atoms with Crippen LogP contribution in [0.1, 0.15) is 62.9 Å². The van der Waals surface area contributed by atoms with Crippen molar-refractivity contribution in [3.8, 4) is 11.3 Å². The van der Waals surface area contributed by atoms with Crippen molar-refractivity contribution in [2.45, 2.75) is 63.2 Å². The van der Waals surface area contributed by atoms with Crippen LogP contribution in [0.15, 0.2) is 47.3 Å². The minimum Gasteiger partial charge on any atom is -0.364 e. The van der Waals surface area contributed by atoms with Gasteiger partial charge < -0.3 is 9.51 Å². The molecule has 1 N–H and O–H groups in total. The first-order chi connectivity index (χ1) is 13.3. The number of aromatic amines is 1. The van der Waals surface area contributed by atoms with Crippen LogP contribution in [0.5, 0.6) is 0 Å². The van der Waals surface area contributed by atoms with Crippen LogP contribution in [-0.2, 0) is 11.8 Å². The summed E-state index contributed by atoms with van der Waals surface area (Å²) in [7, 11) is 0. The number of H-pyrrole nitrogens is 1. The number of hydrogen-bond donors (Lipinski definition) is 1. The van der Waals surface area contributed by atoms with E-state index in [9.17, 15) is 4.39 Å². The molecule has 0 atom stereocenters. The van der Waals surface area contributed by atoms with Crippen molar-refractivity contribution in [3.63, 3.8) is 0 Å². The molecule has 1 aromatic carbocycles. The number of rotatable bonds is 9. The lowest BCUT2D eigenvalue weighted by Crippen LogP contribution is -2.34. The second-order valence-corrected chi connectivity index (χ2v) is 7.66. The average Bonchev–Trinajstić information content (AvgIpc) is 3.32. The Morgan fingerprint density at radius 1 is 1.07 bits per heavy atom. The van der Waals surface area contributed by atoms with Crippen LogP contribution in [0.4, 0.5) is 4.39 Å². The minimum absolute atomic E-state index is 0.218. The number of imidazole rings is 1. The Hall–Kier alpha value is -2.43. The first kappa shape index (κ1) is 18.0. The third-order valence-corrected chi connectivity index (χ3v) is 5.90. The van der Waals surface area contributed by atoms with Crippen LogP contribution >= 0.6 is 0 Å². The molecule has 4 nitrogen and oxygen atoms in total. The molecule has 1 saturated carbocycles. The first-order valence-electron chi connectivity index (χ1n) is 9.96. The molecule has 1 aliphatic rings. The van der Waals surface area contributed by atoms with E-state index >= 15 is 0 Å². The van der Waals surface area contributed by atoms with Crippen molar-refractivity contribution in [1.29, 1.82) is 0 Å². The fourth-order valence-corrected chi connectivity index (χ4v) is 4.14. The lowest BCUT2D eigenvalue weighted by atomic mass is 9.64. The summed E-state index contributed by atoms with van der Waals surface area (Å²) in [5, 5.41) is 4.18. The van der Waals surface area contributed by atoms with Crippen molar-refractivity contribution < 1.29 is 8.91 Å². The summed E-state index contributed by atoms with van der Waals surface area (Å²) in [6.07, 6.45) is 14.0.